The van der Waals surface area contributed by atoms with Crippen molar-refractivity contribution in [3.8, 4) is 0 Å². The Labute approximate surface area is 156 Å². The van der Waals surface area contributed by atoms with E-state index in [0.717, 1.165) is 26.1 Å². The van der Waals surface area contributed by atoms with Gasteiger partial charge in [0.05, 0.1) is 5.92 Å². The van der Waals surface area contributed by atoms with Gasteiger partial charge in [0.2, 0.25) is 17.7 Å². The summed E-state index contributed by atoms with van der Waals surface area (Å²) in [4.78, 5) is 42.6. The smallest absolute Gasteiger partial charge is 0.227 e. The fraction of sp³-hybridized carbons (Fsp3) is 0.850. The largest absolute Gasteiger partial charge is 0.342 e. The normalized spacial score (nSPS) is 26.0. The van der Waals surface area contributed by atoms with Crippen LogP contribution in [0.4, 0.5) is 0 Å². The molecular formula is C20H33N3O3. The molecule has 0 aromatic heterocycles. The van der Waals surface area contributed by atoms with E-state index in [4.69, 9.17) is 0 Å². The number of carbonyl (C=O) groups is 3. The molecule has 0 N–H and O–H groups in total. The molecule has 2 saturated heterocycles. The highest BCUT2D eigenvalue weighted by Crippen LogP contribution is 2.27. The van der Waals surface area contributed by atoms with E-state index in [1.165, 1.54) is 32.1 Å². The first kappa shape index (κ1) is 19.2. The highest BCUT2D eigenvalue weighted by Gasteiger charge is 2.34. The van der Waals surface area contributed by atoms with Crippen molar-refractivity contribution in [1.29, 1.82) is 0 Å². The van der Waals surface area contributed by atoms with Crippen LogP contribution in [0.5, 0.6) is 0 Å². The summed E-state index contributed by atoms with van der Waals surface area (Å²) in [7, 11) is 0. The number of carbonyl (C=O) groups excluding carboxylic acids is 3. The summed E-state index contributed by atoms with van der Waals surface area (Å²) >= 11 is 0. The zero-order valence-electron chi connectivity index (χ0n) is 16.1. The number of amides is 3. The summed E-state index contributed by atoms with van der Waals surface area (Å²) in [5.74, 6) is 1.03. The summed E-state index contributed by atoms with van der Waals surface area (Å²) in [6.45, 7) is 5.70. The number of rotatable bonds is 3. The molecule has 26 heavy (non-hydrogen) atoms. The van der Waals surface area contributed by atoms with Crippen LogP contribution in [0.2, 0.25) is 0 Å². The van der Waals surface area contributed by atoms with Crippen molar-refractivity contribution in [3.05, 3.63) is 0 Å². The van der Waals surface area contributed by atoms with Gasteiger partial charge in [0, 0.05) is 52.6 Å². The molecule has 0 aromatic carbocycles. The molecule has 2 heterocycles. The third kappa shape index (κ3) is 4.77. The third-order valence-electron chi connectivity index (χ3n) is 6.31. The Balaban J connectivity index is 1.55. The van der Waals surface area contributed by atoms with Crippen LogP contribution in [0.1, 0.15) is 58.3 Å². The maximum absolute atomic E-state index is 13.0. The Kier molecular flexibility index (Phi) is 6.54. The Morgan fingerprint density at radius 3 is 2.35 bits per heavy atom. The topological polar surface area (TPSA) is 60.9 Å². The summed E-state index contributed by atoms with van der Waals surface area (Å²) in [5, 5.41) is 0. The minimum Gasteiger partial charge on any atom is -0.342 e. The van der Waals surface area contributed by atoms with E-state index < -0.39 is 0 Å². The Morgan fingerprint density at radius 2 is 1.62 bits per heavy atom. The number of piperidine rings is 1. The molecule has 0 radical (unpaired) electrons. The maximum Gasteiger partial charge on any atom is 0.227 e. The summed E-state index contributed by atoms with van der Waals surface area (Å²) in [6, 6.07) is 0. The molecule has 3 amide bonds. The average molecular weight is 364 g/mol. The van der Waals surface area contributed by atoms with Crippen LogP contribution in [0.15, 0.2) is 0 Å². The van der Waals surface area contributed by atoms with Crippen molar-refractivity contribution >= 4 is 17.7 Å². The zero-order valence-corrected chi connectivity index (χ0v) is 16.1. The molecular weight excluding hydrogens is 330 g/mol. The maximum atomic E-state index is 13.0. The van der Waals surface area contributed by atoms with Gasteiger partial charge in [-0.05, 0) is 31.6 Å². The van der Waals surface area contributed by atoms with Gasteiger partial charge in [0.15, 0.2) is 0 Å². The molecule has 1 saturated carbocycles. The molecule has 1 atom stereocenters. The molecule has 0 aromatic rings. The second-order valence-electron chi connectivity index (χ2n) is 8.22. The zero-order chi connectivity index (χ0) is 18.5. The third-order valence-corrected chi connectivity index (χ3v) is 6.31. The standard InChI is InChI=1S/C20H33N3O3/c1-16(24)21-10-5-11-22(13-12-21)20(26)18-8-9-19(25)23(15-18)14-17-6-3-2-4-7-17/h17-18H,2-15H2,1H3. The van der Waals surface area contributed by atoms with Crippen LogP contribution < -0.4 is 0 Å². The van der Waals surface area contributed by atoms with Gasteiger partial charge in [-0.3, -0.25) is 14.4 Å². The first-order valence-corrected chi connectivity index (χ1v) is 10.4. The lowest BCUT2D eigenvalue weighted by molar-refractivity contribution is -0.144. The van der Waals surface area contributed by atoms with Gasteiger partial charge in [-0.25, -0.2) is 0 Å². The predicted molar refractivity (Wildman–Crippen MR) is 99.3 cm³/mol. The van der Waals surface area contributed by atoms with E-state index in [1.807, 2.05) is 14.7 Å². The Bertz CT molecular complexity index is 530. The van der Waals surface area contributed by atoms with Crippen LogP contribution in [-0.4, -0.2) is 71.7 Å². The fourth-order valence-corrected chi connectivity index (χ4v) is 4.69. The summed E-state index contributed by atoms with van der Waals surface area (Å²) < 4.78 is 0. The van der Waals surface area contributed by atoms with Gasteiger partial charge in [0.25, 0.3) is 0 Å². The van der Waals surface area contributed by atoms with Crippen molar-refractivity contribution in [2.45, 2.75) is 58.3 Å². The molecule has 3 fully saturated rings. The van der Waals surface area contributed by atoms with Crippen LogP contribution in [-0.2, 0) is 14.4 Å². The molecule has 6 heteroatoms. The number of hydrogen-bond acceptors (Lipinski definition) is 3. The summed E-state index contributed by atoms with van der Waals surface area (Å²) in [6.07, 6.45) is 8.30. The van der Waals surface area contributed by atoms with Crippen molar-refractivity contribution in [2.24, 2.45) is 11.8 Å². The van der Waals surface area contributed by atoms with Gasteiger partial charge in [-0.1, -0.05) is 19.3 Å². The van der Waals surface area contributed by atoms with Gasteiger partial charge < -0.3 is 14.7 Å². The second kappa shape index (κ2) is 8.87. The highest BCUT2D eigenvalue weighted by molar-refractivity contribution is 5.84. The Hall–Kier alpha value is -1.59. The van der Waals surface area contributed by atoms with E-state index in [1.54, 1.807) is 6.92 Å². The Morgan fingerprint density at radius 1 is 0.923 bits per heavy atom. The fourth-order valence-electron chi connectivity index (χ4n) is 4.69. The molecule has 3 rings (SSSR count). The lowest BCUT2D eigenvalue weighted by Gasteiger charge is -2.37. The first-order chi connectivity index (χ1) is 12.5. The van der Waals surface area contributed by atoms with Crippen molar-refractivity contribution in [3.63, 3.8) is 0 Å². The lowest BCUT2D eigenvalue weighted by Crippen LogP contribution is -2.49. The summed E-state index contributed by atoms with van der Waals surface area (Å²) in [5.41, 5.74) is 0. The van der Waals surface area contributed by atoms with Crippen molar-refractivity contribution in [2.75, 3.05) is 39.3 Å². The molecule has 0 bridgehead atoms. The average Bonchev–Trinajstić information content (AvgIpc) is 2.90. The monoisotopic (exact) mass is 363 g/mol. The van der Waals surface area contributed by atoms with Crippen LogP contribution >= 0.6 is 0 Å². The predicted octanol–water partition coefficient (Wildman–Crippen LogP) is 1.89. The molecule has 1 aliphatic carbocycles. The minimum absolute atomic E-state index is 0.0693. The van der Waals surface area contributed by atoms with Gasteiger partial charge in [-0.2, -0.15) is 0 Å². The van der Waals surface area contributed by atoms with E-state index in [9.17, 15) is 14.4 Å². The SMILES string of the molecule is CC(=O)N1CCCN(C(=O)C2CCC(=O)N(CC3CCCCC3)C2)CC1. The van der Waals surface area contributed by atoms with E-state index >= 15 is 0 Å². The van der Waals surface area contributed by atoms with Gasteiger partial charge in [0.1, 0.15) is 0 Å². The quantitative estimate of drug-likeness (QED) is 0.769. The number of hydrogen-bond donors (Lipinski definition) is 0. The molecule has 2 aliphatic heterocycles. The molecule has 146 valence electrons. The van der Waals surface area contributed by atoms with Gasteiger partial charge in [-0.15, -0.1) is 0 Å². The van der Waals surface area contributed by atoms with E-state index in [0.29, 0.717) is 38.4 Å². The van der Waals surface area contributed by atoms with Crippen LogP contribution in [0.3, 0.4) is 0 Å². The molecule has 3 aliphatic rings. The second-order valence-corrected chi connectivity index (χ2v) is 8.22. The molecule has 6 nitrogen and oxygen atoms in total. The number of likely N-dealkylation sites (tertiary alicyclic amines) is 1. The van der Waals surface area contributed by atoms with Crippen LogP contribution in [0.25, 0.3) is 0 Å². The molecule has 1 unspecified atom stereocenters. The van der Waals surface area contributed by atoms with E-state index in [-0.39, 0.29) is 23.6 Å². The molecule has 0 spiro atoms. The van der Waals surface area contributed by atoms with Crippen molar-refractivity contribution < 1.29 is 14.4 Å². The number of nitrogens with zero attached hydrogens (tertiary/aromatic N) is 3. The van der Waals surface area contributed by atoms with Gasteiger partial charge >= 0.3 is 0 Å². The highest BCUT2D eigenvalue weighted by atomic mass is 16.2. The minimum atomic E-state index is -0.0693. The van der Waals surface area contributed by atoms with Crippen molar-refractivity contribution in [1.82, 2.24) is 14.7 Å². The van der Waals surface area contributed by atoms with E-state index in [2.05, 4.69) is 0 Å². The van der Waals surface area contributed by atoms with Crippen LogP contribution in [0, 0.1) is 11.8 Å². The lowest BCUT2D eigenvalue weighted by atomic mass is 9.87. The first-order valence-electron chi connectivity index (χ1n) is 10.4.